The molecule has 17 heavy (non-hydrogen) atoms. The van der Waals surface area contributed by atoms with E-state index in [1.807, 2.05) is 18.9 Å². The van der Waals surface area contributed by atoms with E-state index in [2.05, 4.69) is 0 Å². The second-order valence-corrected chi connectivity index (χ2v) is 4.91. The Morgan fingerprint density at radius 3 is 2.53 bits per heavy atom. The van der Waals surface area contributed by atoms with Crippen molar-refractivity contribution in [2.24, 2.45) is 0 Å². The molecular formula is C12H19NO4. The first-order chi connectivity index (χ1) is 7.70. The van der Waals surface area contributed by atoms with E-state index in [9.17, 15) is 9.90 Å². The van der Waals surface area contributed by atoms with Gasteiger partial charge >= 0.3 is 5.97 Å². The van der Waals surface area contributed by atoms with Crippen LogP contribution in [-0.4, -0.2) is 40.3 Å². The van der Waals surface area contributed by atoms with Crippen LogP contribution >= 0.6 is 0 Å². The van der Waals surface area contributed by atoms with Gasteiger partial charge in [-0.3, -0.25) is 4.90 Å². The Balaban J connectivity index is 2.74. The molecule has 0 aliphatic carbocycles. The van der Waals surface area contributed by atoms with Gasteiger partial charge in [0, 0.05) is 6.54 Å². The number of likely N-dealkylation sites (N-methyl/N-ethyl adjacent to an activating group) is 1. The smallest absolute Gasteiger partial charge is 0.371 e. The number of aliphatic hydroxyl groups is 1. The molecule has 1 heterocycles. The van der Waals surface area contributed by atoms with E-state index >= 15 is 0 Å². The SMILES string of the molecule is CC(c1ccc(C(=O)O)o1)N(C)CC(C)(C)O. The summed E-state index contributed by atoms with van der Waals surface area (Å²) in [5.74, 6) is -0.564. The van der Waals surface area contributed by atoms with Gasteiger partial charge < -0.3 is 14.6 Å². The molecular weight excluding hydrogens is 222 g/mol. The molecule has 5 heteroatoms. The van der Waals surface area contributed by atoms with Crippen LogP contribution in [0.15, 0.2) is 16.5 Å². The van der Waals surface area contributed by atoms with Crippen molar-refractivity contribution < 1.29 is 19.4 Å². The zero-order valence-corrected chi connectivity index (χ0v) is 10.6. The van der Waals surface area contributed by atoms with Crippen LogP contribution in [0, 0.1) is 0 Å². The topological polar surface area (TPSA) is 73.9 Å². The Morgan fingerprint density at radius 2 is 2.12 bits per heavy atom. The van der Waals surface area contributed by atoms with E-state index < -0.39 is 11.6 Å². The molecule has 0 saturated heterocycles. The summed E-state index contributed by atoms with van der Waals surface area (Å²) in [5, 5.41) is 18.5. The lowest BCUT2D eigenvalue weighted by Crippen LogP contribution is -2.37. The Labute approximate surface area is 101 Å². The molecule has 0 spiro atoms. The van der Waals surface area contributed by atoms with E-state index in [0.29, 0.717) is 12.3 Å². The molecule has 5 nitrogen and oxygen atoms in total. The molecule has 0 radical (unpaired) electrons. The summed E-state index contributed by atoms with van der Waals surface area (Å²) in [6.45, 7) is 5.82. The number of aromatic carboxylic acids is 1. The lowest BCUT2D eigenvalue weighted by molar-refractivity contribution is 0.0300. The first-order valence-corrected chi connectivity index (χ1v) is 5.46. The predicted octanol–water partition coefficient (Wildman–Crippen LogP) is 1.74. The maximum Gasteiger partial charge on any atom is 0.371 e. The average Bonchev–Trinajstić information content (AvgIpc) is 2.62. The Hall–Kier alpha value is -1.33. The minimum Gasteiger partial charge on any atom is -0.475 e. The number of furan rings is 1. The van der Waals surface area contributed by atoms with Crippen molar-refractivity contribution in [3.63, 3.8) is 0 Å². The minimum absolute atomic E-state index is 0.0662. The van der Waals surface area contributed by atoms with Crippen molar-refractivity contribution in [2.45, 2.75) is 32.4 Å². The average molecular weight is 241 g/mol. The van der Waals surface area contributed by atoms with Gasteiger partial charge in [-0.2, -0.15) is 0 Å². The van der Waals surface area contributed by atoms with Crippen molar-refractivity contribution in [3.8, 4) is 0 Å². The van der Waals surface area contributed by atoms with Gasteiger partial charge in [0.2, 0.25) is 5.76 Å². The van der Waals surface area contributed by atoms with Gasteiger partial charge in [0.05, 0.1) is 11.6 Å². The summed E-state index contributed by atoms with van der Waals surface area (Å²) in [4.78, 5) is 12.6. The lowest BCUT2D eigenvalue weighted by Gasteiger charge is -2.29. The molecule has 0 aliphatic heterocycles. The maximum absolute atomic E-state index is 10.7. The zero-order valence-electron chi connectivity index (χ0n) is 10.6. The molecule has 0 aliphatic rings. The molecule has 0 bridgehead atoms. The van der Waals surface area contributed by atoms with Crippen LogP contribution in [0.5, 0.6) is 0 Å². The van der Waals surface area contributed by atoms with Gasteiger partial charge in [0.25, 0.3) is 0 Å². The molecule has 1 rings (SSSR count). The third-order valence-corrected chi connectivity index (χ3v) is 2.55. The lowest BCUT2D eigenvalue weighted by atomic mass is 10.1. The number of nitrogens with zero attached hydrogens (tertiary/aromatic N) is 1. The normalized spacial score (nSPS) is 14.0. The van der Waals surface area contributed by atoms with Crippen LogP contribution < -0.4 is 0 Å². The largest absolute Gasteiger partial charge is 0.475 e. The fraction of sp³-hybridized carbons (Fsp3) is 0.583. The standard InChI is InChI=1S/C12H19NO4/c1-8(13(4)7-12(2,3)16)9-5-6-10(17-9)11(14)15/h5-6,8,16H,7H2,1-4H3,(H,14,15). The number of hydrogen-bond donors (Lipinski definition) is 2. The van der Waals surface area contributed by atoms with Crippen molar-refractivity contribution in [2.75, 3.05) is 13.6 Å². The van der Waals surface area contributed by atoms with Crippen LogP contribution in [-0.2, 0) is 0 Å². The van der Waals surface area contributed by atoms with Gasteiger partial charge in [-0.15, -0.1) is 0 Å². The summed E-state index contributed by atoms with van der Waals surface area (Å²) in [7, 11) is 1.85. The second-order valence-electron chi connectivity index (χ2n) is 4.91. The van der Waals surface area contributed by atoms with Crippen LogP contribution in [0.4, 0.5) is 0 Å². The number of carboxylic acids is 1. The number of carbonyl (C=O) groups is 1. The summed E-state index contributed by atoms with van der Waals surface area (Å²) >= 11 is 0. The van der Waals surface area contributed by atoms with Gasteiger partial charge in [-0.05, 0) is 40.0 Å². The van der Waals surface area contributed by atoms with Crippen LogP contribution in [0.2, 0.25) is 0 Å². The zero-order chi connectivity index (χ0) is 13.2. The highest BCUT2D eigenvalue weighted by Crippen LogP contribution is 2.22. The fourth-order valence-corrected chi connectivity index (χ4v) is 1.66. The molecule has 0 amide bonds. The molecule has 0 fully saturated rings. The third kappa shape index (κ3) is 3.87. The molecule has 1 aromatic rings. The van der Waals surface area contributed by atoms with Crippen molar-refractivity contribution in [1.82, 2.24) is 4.90 Å². The highest BCUT2D eigenvalue weighted by Gasteiger charge is 2.22. The Morgan fingerprint density at radius 1 is 1.53 bits per heavy atom. The molecule has 1 aromatic heterocycles. The number of rotatable bonds is 5. The molecule has 96 valence electrons. The molecule has 0 saturated carbocycles. The monoisotopic (exact) mass is 241 g/mol. The molecule has 2 N–H and O–H groups in total. The van der Waals surface area contributed by atoms with Gasteiger partial charge in [0.15, 0.2) is 0 Å². The van der Waals surface area contributed by atoms with Gasteiger partial charge in [-0.25, -0.2) is 4.79 Å². The van der Waals surface area contributed by atoms with E-state index in [4.69, 9.17) is 9.52 Å². The maximum atomic E-state index is 10.7. The summed E-state index contributed by atoms with van der Waals surface area (Å²) in [6.07, 6.45) is 0. The van der Waals surface area contributed by atoms with E-state index in [1.54, 1.807) is 19.9 Å². The molecule has 1 unspecified atom stereocenters. The van der Waals surface area contributed by atoms with Gasteiger partial charge in [0.1, 0.15) is 5.76 Å². The van der Waals surface area contributed by atoms with Crippen molar-refractivity contribution in [3.05, 3.63) is 23.7 Å². The molecule has 0 aromatic carbocycles. The third-order valence-electron chi connectivity index (χ3n) is 2.55. The van der Waals surface area contributed by atoms with Crippen molar-refractivity contribution >= 4 is 5.97 Å². The van der Waals surface area contributed by atoms with Crippen molar-refractivity contribution in [1.29, 1.82) is 0 Å². The summed E-state index contributed by atoms with van der Waals surface area (Å²) in [6, 6.07) is 3.00. The minimum atomic E-state index is -1.08. The summed E-state index contributed by atoms with van der Waals surface area (Å²) in [5.41, 5.74) is -0.800. The second kappa shape index (κ2) is 4.89. The molecule has 1 atom stereocenters. The first kappa shape index (κ1) is 13.7. The highest BCUT2D eigenvalue weighted by molar-refractivity contribution is 5.84. The number of carboxylic acid groups (broad SMARTS) is 1. The van der Waals surface area contributed by atoms with E-state index in [1.165, 1.54) is 6.07 Å². The number of hydrogen-bond acceptors (Lipinski definition) is 4. The first-order valence-electron chi connectivity index (χ1n) is 5.46. The van der Waals surface area contributed by atoms with E-state index in [-0.39, 0.29) is 11.8 Å². The summed E-state index contributed by atoms with van der Waals surface area (Å²) < 4.78 is 5.22. The van der Waals surface area contributed by atoms with Crippen LogP contribution in [0.25, 0.3) is 0 Å². The van der Waals surface area contributed by atoms with Crippen LogP contribution in [0.1, 0.15) is 43.1 Å². The fourth-order valence-electron chi connectivity index (χ4n) is 1.66. The Bertz CT molecular complexity index is 391. The quantitative estimate of drug-likeness (QED) is 0.821. The predicted molar refractivity (Wildman–Crippen MR) is 63.0 cm³/mol. The highest BCUT2D eigenvalue weighted by atomic mass is 16.4. The van der Waals surface area contributed by atoms with Crippen LogP contribution in [0.3, 0.4) is 0 Å². The van der Waals surface area contributed by atoms with Gasteiger partial charge in [-0.1, -0.05) is 0 Å². The van der Waals surface area contributed by atoms with E-state index in [0.717, 1.165) is 0 Å². The Kier molecular flexibility index (Phi) is 3.95.